The molecule has 0 aromatic carbocycles. The number of pyridine rings is 1. The van der Waals surface area contributed by atoms with Gasteiger partial charge in [0.05, 0.1) is 0 Å². The van der Waals surface area contributed by atoms with Crippen LogP contribution in [0.3, 0.4) is 0 Å². The Morgan fingerprint density at radius 2 is 2.15 bits per heavy atom. The molecule has 0 bridgehead atoms. The van der Waals surface area contributed by atoms with Crippen LogP contribution in [0.15, 0.2) is 24.7 Å². The van der Waals surface area contributed by atoms with E-state index in [0.29, 0.717) is 0 Å². The molecule has 2 rings (SSSR count). The first-order valence-corrected chi connectivity index (χ1v) is 4.05. The van der Waals surface area contributed by atoms with Crippen LogP contribution in [0.2, 0.25) is 0 Å². The van der Waals surface area contributed by atoms with E-state index >= 15 is 0 Å². The van der Waals surface area contributed by atoms with Crippen molar-refractivity contribution in [3.63, 3.8) is 0 Å². The predicted octanol–water partition coefficient (Wildman–Crippen LogP) is 1.19. The zero-order valence-corrected chi connectivity index (χ0v) is 7.60. The topological polar surface area (TPSA) is 43.6 Å². The van der Waals surface area contributed by atoms with Gasteiger partial charge in [-0.1, -0.05) is 0 Å². The van der Waals surface area contributed by atoms with Crippen LogP contribution in [-0.2, 0) is 7.05 Å². The summed E-state index contributed by atoms with van der Waals surface area (Å²) < 4.78 is 1.74. The normalized spacial score (nSPS) is 10.3. The van der Waals surface area contributed by atoms with E-state index < -0.39 is 0 Å². The maximum Gasteiger partial charge on any atom is 0.159 e. The highest BCUT2D eigenvalue weighted by molar-refractivity contribution is 5.57. The Morgan fingerprint density at radius 3 is 2.77 bits per heavy atom. The third kappa shape index (κ3) is 1.30. The maximum absolute atomic E-state index is 4.20. The van der Waals surface area contributed by atoms with Gasteiger partial charge < -0.3 is 0 Å². The molecular formula is C9H10N4. The van der Waals surface area contributed by atoms with Gasteiger partial charge >= 0.3 is 0 Å². The molecule has 4 heteroatoms. The summed E-state index contributed by atoms with van der Waals surface area (Å²) in [5.41, 5.74) is 2.00. The summed E-state index contributed by atoms with van der Waals surface area (Å²) in [6.45, 7) is 1.96. The van der Waals surface area contributed by atoms with Crippen LogP contribution < -0.4 is 0 Å². The van der Waals surface area contributed by atoms with Crippen molar-refractivity contribution < 1.29 is 0 Å². The van der Waals surface area contributed by atoms with Crippen molar-refractivity contribution in [3.8, 4) is 11.4 Å². The van der Waals surface area contributed by atoms with E-state index in [-0.39, 0.29) is 0 Å². The number of rotatable bonds is 1. The summed E-state index contributed by atoms with van der Waals surface area (Å²) in [4.78, 5) is 8.35. The second kappa shape index (κ2) is 2.97. The van der Waals surface area contributed by atoms with E-state index in [4.69, 9.17) is 0 Å². The third-order valence-electron chi connectivity index (χ3n) is 1.96. The highest BCUT2D eigenvalue weighted by Gasteiger charge is 2.06. The third-order valence-corrected chi connectivity index (χ3v) is 1.96. The van der Waals surface area contributed by atoms with Crippen LogP contribution in [0.5, 0.6) is 0 Å². The molecule has 4 nitrogen and oxygen atoms in total. The highest BCUT2D eigenvalue weighted by Crippen LogP contribution is 2.17. The fourth-order valence-corrected chi connectivity index (χ4v) is 1.26. The molecule has 0 N–H and O–H groups in total. The first kappa shape index (κ1) is 7.91. The van der Waals surface area contributed by atoms with E-state index in [1.165, 1.54) is 0 Å². The zero-order valence-electron chi connectivity index (χ0n) is 7.60. The number of aryl methyl sites for hydroxylation is 2. The Kier molecular flexibility index (Phi) is 1.81. The Bertz CT molecular complexity index is 419. The first-order chi connectivity index (χ1) is 6.29. The number of nitrogens with zero attached hydrogens (tertiary/aromatic N) is 4. The molecule has 66 valence electrons. The second-order valence-electron chi connectivity index (χ2n) is 2.84. The lowest BCUT2D eigenvalue weighted by molar-refractivity contribution is 0.773. The molecule has 0 fully saturated rings. The van der Waals surface area contributed by atoms with Gasteiger partial charge in [-0.3, -0.25) is 4.98 Å². The van der Waals surface area contributed by atoms with Crippen molar-refractivity contribution >= 4 is 0 Å². The van der Waals surface area contributed by atoms with Crippen molar-refractivity contribution in [3.05, 3.63) is 30.4 Å². The fraction of sp³-hybridized carbons (Fsp3) is 0.222. The number of hydrogen-bond donors (Lipinski definition) is 0. The summed E-state index contributed by atoms with van der Waals surface area (Å²) in [6.07, 6.45) is 3.32. The van der Waals surface area contributed by atoms with Gasteiger partial charge in [-0.2, -0.15) is 5.10 Å². The zero-order chi connectivity index (χ0) is 9.26. The van der Waals surface area contributed by atoms with Crippen molar-refractivity contribution in [2.24, 2.45) is 7.05 Å². The summed E-state index contributed by atoms with van der Waals surface area (Å²) >= 11 is 0. The Morgan fingerprint density at radius 1 is 1.31 bits per heavy atom. The van der Waals surface area contributed by atoms with Gasteiger partial charge in [0.25, 0.3) is 0 Å². The lowest BCUT2D eigenvalue weighted by atomic mass is 10.2. The first-order valence-electron chi connectivity index (χ1n) is 4.05. The van der Waals surface area contributed by atoms with Gasteiger partial charge in [-0.05, 0) is 19.1 Å². The summed E-state index contributed by atoms with van der Waals surface area (Å²) in [5.74, 6) is 0.852. The van der Waals surface area contributed by atoms with Crippen LogP contribution in [0.4, 0.5) is 0 Å². The molecule has 13 heavy (non-hydrogen) atoms. The van der Waals surface area contributed by atoms with Gasteiger partial charge in [0.1, 0.15) is 6.33 Å². The van der Waals surface area contributed by atoms with Gasteiger partial charge in [0.15, 0.2) is 5.82 Å². The smallest absolute Gasteiger partial charge is 0.159 e. The largest absolute Gasteiger partial charge is 0.261 e. The molecule has 0 amide bonds. The molecule has 2 aromatic rings. The van der Waals surface area contributed by atoms with Gasteiger partial charge in [0, 0.05) is 24.5 Å². The van der Waals surface area contributed by atoms with Crippen LogP contribution in [-0.4, -0.2) is 19.7 Å². The van der Waals surface area contributed by atoms with Crippen molar-refractivity contribution in [2.45, 2.75) is 6.92 Å². The minimum absolute atomic E-state index is 0.852. The van der Waals surface area contributed by atoms with Crippen molar-refractivity contribution in [1.29, 1.82) is 0 Å². The second-order valence-corrected chi connectivity index (χ2v) is 2.84. The lowest BCUT2D eigenvalue weighted by Gasteiger charge is -2.02. The average Bonchev–Trinajstić information content (AvgIpc) is 2.52. The molecule has 0 aliphatic rings. The van der Waals surface area contributed by atoms with Crippen LogP contribution in [0, 0.1) is 6.92 Å². The Labute approximate surface area is 76.3 Å². The maximum atomic E-state index is 4.20. The monoisotopic (exact) mass is 174 g/mol. The molecule has 0 saturated carbocycles. The molecular weight excluding hydrogens is 164 g/mol. The summed E-state index contributed by atoms with van der Waals surface area (Å²) in [6, 6.07) is 3.89. The molecule has 0 saturated heterocycles. The molecule has 2 aromatic heterocycles. The lowest BCUT2D eigenvalue weighted by Crippen LogP contribution is -1.96. The molecule has 0 unspecified atom stereocenters. The number of hydrogen-bond acceptors (Lipinski definition) is 3. The van der Waals surface area contributed by atoms with E-state index in [1.807, 2.05) is 26.1 Å². The SMILES string of the molecule is Cc1ncccc1-c1ncnn1C. The fourth-order valence-electron chi connectivity index (χ4n) is 1.26. The van der Waals surface area contributed by atoms with E-state index in [0.717, 1.165) is 17.1 Å². The van der Waals surface area contributed by atoms with Crippen LogP contribution in [0.25, 0.3) is 11.4 Å². The van der Waals surface area contributed by atoms with Gasteiger partial charge in [-0.25, -0.2) is 9.67 Å². The van der Waals surface area contributed by atoms with Gasteiger partial charge in [-0.15, -0.1) is 0 Å². The average molecular weight is 174 g/mol. The minimum Gasteiger partial charge on any atom is -0.261 e. The standard InChI is InChI=1S/C9H10N4/c1-7-8(4-3-5-10-7)9-11-6-12-13(9)2/h3-6H,1-2H3. The predicted molar refractivity (Wildman–Crippen MR) is 49.0 cm³/mol. The van der Waals surface area contributed by atoms with Gasteiger partial charge in [0.2, 0.25) is 0 Å². The molecule has 0 aliphatic carbocycles. The Balaban J connectivity index is 2.59. The van der Waals surface area contributed by atoms with Crippen LogP contribution >= 0.6 is 0 Å². The summed E-state index contributed by atoms with van der Waals surface area (Å²) in [5, 5.41) is 4.01. The quantitative estimate of drug-likeness (QED) is 0.652. The molecule has 0 radical (unpaired) electrons. The number of aromatic nitrogens is 4. The molecule has 0 aliphatic heterocycles. The van der Waals surface area contributed by atoms with E-state index in [1.54, 1.807) is 17.2 Å². The van der Waals surface area contributed by atoms with Crippen molar-refractivity contribution in [2.75, 3.05) is 0 Å². The minimum atomic E-state index is 0.852. The summed E-state index contributed by atoms with van der Waals surface area (Å²) in [7, 11) is 1.87. The molecule has 0 atom stereocenters. The molecule has 2 heterocycles. The van der Waals surface area contributed by atoms with E-state index in [9.17, 15) is 0 Å². The highest BCUT2D eigenvalue weighted by atomic mass is 15.3. The van der Waals surface area contributed by atoms with E-state index in [2.05, 4.69) is 15.1 Å². The van der Waals surface area contributed by atoms with Crippen LogP contribution in [0.1, 0.15) is 5.69 Å². The van der Waals surface area contributed by atoms with Crippen molar-refractivity contribution in [1.82, 2.24) is 19.7 Å². The Hall–Kier alpha value is -1.71. The molecule has 0 spiro atoms.